The first-order valence-corrected chi connectivity index (χ1v) is 8.73. The van der Waals surface area contributed by atoms with Crippen molar-refractivity contribution in [2.24, 2.45) is 0 Å². The van der Waals surface area contributed by atoms with Crippen LogP contribution in [0.5, 0.6) is 0 Å². The SMILES string of the molecule is CCN(CC)C(=O)CCCC(=O)NC(C(=O)O)c1ccc(Br)cc1. The minimum atomic E-state index is -1.12. The van der Waals surface area contributed by atoms with Crippen molar-refractivity contribution < 1.29 is 19.5 Å². The molecular formula is C17H23BrN2O4. The summed E-state index contributed by atoms with van der Waals surface area (Å²) in [4.78, 5) is 36.9. The molecule has 1 unspecified atom stereocenters. The molecule has 132 valence electrons. The molecule has 0 bridgehead atoms. The lowest BCUT2D eigenvalue weighted by atomic mass is 10.1. The molecule has 24 heavy (non-hydrogen) atoms. The molecule has 0 aliphatic heterocycles. The maximum atomic E-state index is 12.0. The standard InChI is InChI=1S/C17H23BrN2O4/c1-3-20(4-2)15(22)7-5-6-14(21)19-16(17(23)24)12-8-10-13(18)11-9-12/h8-11,16H,3-7H2,1-2H3,(H,19,21)(H,23,24). The molecule has 0 radical (unpaired) electrons. The lowest BCUT2D eigenvalue weighted by Crippen LogP contribution is -2.34. The van der Waals surface area contributed by atoms with Crippen molar-refractivity contribution in [1.82, 2.24) is 10.2 Å². The van der Waals surface area contributed by atoms with E-state index in [1.54, 1.807) is 29.2 Å². The summed E-state index contributed by atoms with van der Waals surface area (Å²) in [6.07, 6.45) is 0.798. The average molecular weight is 399 g/mol. The monoisotopic (exact) mass is 398 g/mol. The molecule has 0 heterocycles. The zero-order valence-electron chi connectivity index (χ0n) is 13.9. The first kappa shape index (κ1) is 20.2. The summed E-state index contributed by atoms with van der Waals surface area (Å²) in [6.45, 7) is 5.10. The van der Waals surface area contributed by atoms with Gasteiger partial charge in [-0.25, -0.2) is 4.79 Å². The zero-order valence-corrected chi connectivity index (χ0v) is 15.5. The van der Waals surface area contributed by atoms with Gasteiger partial charge in [0, 0.05) is 30.4 Å². The Balaban J connectivity index is 2.53. The summed E-state index contributed by atoms with van der Waals surface area (Å²) in [7, 11) is 0. The zero-order chi connectivity index (χ0) is 18.1. The lowest BCUT2D eigenvalue weighted by molar-refractivity contribution is -0.142. The van der Waals surface area contributed by atoms with E-state index in [9.17, 15) is 19.5 Å². The number of carboxylic acids is 1. The number of carbonyl (C=O) groups excluding carboxylic acids is 2. The van der Waals surface area contributed by atoms with Crippen LogP contribution in [-0.2, 0) is 14.4 Å². The van der Waals surface area contributed by atoms with E-state index in [1.807, 2.05) is 13.8 Å². The maximum absolute atomic E-state index is 12.0. The van der Waals surface area contributed by atoms with Gasteiger partial charge < -0.3 is 15.3 Å². The van der Waals surface area contributed by atoms with Gasteiger partial charge in [-0.15, -0.1) is 0 Å². The Hall–Kier alpha value is -1.89. The van der Waals surface area contributed by atoms with Crippen molar-refractivity contribution in [1.29, 1.82) is 0 Å². The van der Waals surface area contributed by atoms with Gasteiger partial charge in [0.25, 0.3) is 0 Å². The second-order valence-electron chi connectivity index (χ2n) is 5.31. The van der Waals surface area contributed by atoms with Crippen molar-refractivity contribution in [3.8, 4) is 0 Å². The van der Waals surface area contributed by atoms with Gasteiger partial charge in [0.1, 0.15) is 0 Å². The Morgan fingerprint density at radius 2 is 1.71 bits per heavy atom. The van der Waals surface area contributed by atoms with Crippen molar-refractivity contribution in [2.45, 2.75) is 39.2 Å². The summed E-state index contributed by atoms with van der Waals surface area (Å²) in [5.41, 5.74) is 0.498. The molecule has 1 atom stereocenters. The van der Waals surface area contributed by atoms with Crippen LogP contribution < -0.4 is 5.32 Å². The summed E-state index contributed by atoms with van der Waals surface area (Å²) in [5.74, 6) is -1.49. The van der Waals surface area contributed by atoms with Crippen LogP contribution in [0.1, 0.15) is 44.7 Å². The Morgan fingerprint density at radius 1 is 1.12 bits per heavy atom. The first-order valence-electron chi connectivity index (χ1n) is 7.94. The molecule has 0 fully saturated rings. The molecule has 0 saturated carbocycles. The van der Waals surface area contributed by atoms with Gasteiger partial charge in [0.05, 0.1) is 0 Å². The van der Waals surface area contributed by atoms with Crippen LogP contribution in [-0.4, -0.2) is 40.9 Å². The first-order chi connectivity index (χ1) is 11.4. The highest BCUT2D eigenvalue weighted by molar-refractivity contribution is 9.10. The Bertz CT molecular complexity index is 570. The molecule has 1 aromatic carbocycles. The van der Waals surface area contributed by atoms with Crippen LogP contribution in [0.4, 0.5) is 0 Å². The number of rotatable bonds is 9. The lowest BCUT2D eigenvalue weighted by Gasteiger charge is -2.18. The fourth-order valence-electron chi connectivity index (χ4n) is 2.31. The van der Waals surface area contributed by atoms with E-state index >= 15 is 0 Å². The number of benzene rings is 1. The van der Waals surface area contributed by atoms with Gasteiger partial charge >= 0.3 is 5.97 Å². The Morgan fingerprint density at radius 3 is 2.21 bits per heavy atom. The topological polar surface area (TPSA) is 86.7 Å². The molecule has 1 aromatic rings. The van der Waals surface area contributed by atoms with Crippen molar-refractivity contribution >= 4 is 33.7 Å². The largest absolute Gasteiger partial charge is 0.479 e. The van der Waals surface area contributed by atoms with E-state index in [1.165, 1.54) is 0 Å². The molecule has 6 nitrogen and oxygen atoms in total. The number of aliphatic carboxylic acids is 1. The van der Waals surface area contributed by atoms with E-state index in [-0.39, 0.29) is 24.7 Å². The molecular weight excluding hydrogens is 376 g/mol. The normalized spacial score (nSPS) is 11.6. The number of carboxylic acid groups (broad SMARTS) is 1. The number of hydrogen-bond acceptors (Lipinski definition) is 3. The van der Waals surface area contributed by atoms with Crippen molar-refractivity contribution in [3.05, 3.63) is 34.3 Å². The highest BCUT2D eigenvalue weighted by Crippen LogP contribution is 2.17. The van der Waals surface area contributed by atoms with Gasteiger partial charge in [0.2, 0.25) is 11.8 Å². The molecule has 0 aromatic heterocycles. The molecule has 2 amide bonds. The number of amides is 2. The van der Waals surface area contributed by atoms with Crippen LogP contribution in [0.25, 0.3) is 0 Å². The number of nitrogens with one attached hydrogen (secondary N) is 1. The highest BCUT2D eigenvalue weighted by atomic mass is 79.9. The predicted molar refractivity (Wildman–Crippen MR) is 94.4 cm³/mol. The van der Waals surface area contributed by atoms with Crippen molar-refractivity contribution in [2.75, 3.05) is 13.1 Å². The van der Waals surface area contributed by atoms with E-state index in [4.69, 9.17) is 0 Å². The number of nitrogens with zero attached hydrogens (tertiary/aromatic N) is 1. The van der Waals surface area contributed by atoms with E-state index < -0.39 is 12.0 Å². The minimum absolute atomic E-state index is 0.00972. The number of halogens is 1. The van der Waals surface area contributed by atoms with Gasteiger partial charge in [-0.2, -0.15) is 0 Å². The van der Waals surface area contributed by atoms with Gasteiger partial charge in [0.15, 0.2) is 6.04 Å². The minimum Gasteiger partial charge on any atom is -0.479 e. The quantitative estimate of drug-likeness (QED) is 0.669. The van der Waals surface area contributed by atoms with Crippen LogP contribution in [0, 0.1) is 0 Å². The second-order valence-corrected chi connectivity index (χ2v) is 6.23. The Labute approximate surface area is 150 Å². The number of hydrogen-bond donors (Lipinski definition) is 2. The Kier molecular flexibility index (Phi) is 8.46. The molecule has 7 heteroatoms. The smallest absolute Gasteiger partial charge is 0.330 e. The van der Waals surface area contributed by atoms with Crippen molar-refractivity contribution in [3.63, 3.8) is 0 Å². The van der Waals surface area contributed by atoms with Crippen LogP contribution in [0.15, 0.2) is 28.7 Å². The molecule has 0 aliphatic carbocycles. The van der Waals surface area contributed by atoms with Crippen LogP contribution in [0.2, 0.25) is 0 Å². The van der Waals surface area contributed by atoms with Crippen LogP contribution >= 0.6 is 15.9 Å². The molecule has 0 spiro atoms. The van der Waals surface area contributed by atoms with Gasteiger partial charge in [-0.05, 0) is 38.0 Å². The summed E-state index contributed by atoms with van der Waals surface area (Å²) < 4.78 is 0.830. The predicted octanol–water partition coefficient (Wildman–Crippen LogP) is 2.73. The fourth-order valence-corrected chi connectivity index (χ4v) is 2.57. The summed E-state index contributed by atoms with van der Waals surface area (Å²) in [5, 5.41) is 11.8. The van der Waals surface area contributed by atoms with Gasteiger partial charge in [-0.1, -0.05) is 28.1 Å². The number of carbonyl (C=O) groups is 3. The summed E-state index contributed by atoms with van der Waals surface area (Å²) >= 11 is 3.28. The van der Waals surface area contributed by atoms with E-state index in [0.29, 0.717) is 25.1 Å². The third kappa shape index (κ3) is 6.31. The second kappa shape index (κ2) is 10.1. The average Bonchev–Trinajstić information content (AvgIpc) is 2.54. The highest BCUT2D eigenvalue weighted by Gasteiger charge is 2.22. The third-order valence-electron chi connectivity index (χ3n) is 3.67. The van der Waals surface area contributed by atoms with E-state index in [0.717, 1.165) is 4.47 Å². The summed E-state index contributed by atoms with van der Waals surface area (Å²) in [6, 6.07) is 5.64. The van der Waals surface area contributed by atoms with Crippen LogP contribution in [0.3, 0.4) is 0 Å². The fraction of sp³-hybridized carbons (Fsp3) is 0.471. The molecule has 0 aliphatic rings. The molecule has 1 rings (SSSR count). The molecule has 0 saturated heterocycles. The van der Waals surface area contributed by atoms with E-state index in [2.05, 4.69) is 21.2 Å². The third-order valence-corrected chi connectivity index (χ3v) is 4.19. The maximum Gasteiger partial charge on any atom is 0.330 e. The molecule has 2 N–H and O–H groups in total. The van der Waals surface area contributed by atoms with Gasteiger partial charge in [-0.3, -0.25) is 9.59 Å².